The van der Waals surface area contributed by atoms with Crippen molar-refractivity contribution in [3.8, 4) is 5.75 Å². The zero-order valence-electron chi connectivity index (χ0n) is 9.69. The van der Waals surface area contributed by atoms with Crippen LogP contribution in [0.3, 0.4) is 0 Å². The Morgan fingerprint density at radius 1 is 1.44 bits per heavy atom. The molecule has 0 aliphatic rings. The standard InChI is InChI=1S/C12H16O3S/c1-8(12(13)15-3)6-9-4-5-11(16)10(7-9)14-2/h4-5,7-8,16H,6H2,1-3H3. The van der Waals surface area contributed by atoms with E-state index in [0.717, 1.165) is 16.2 Å². The molecule has 0 bridgehead atoms. The molecule has 0 heterocycles. The fourth-order valence-electron chi connectivity index (χ4n) is 1.49. The Hall–Kier alpha value is -1.16. The molecular formula is C12H16O3S. The van der Waals surface area contributed by atoms with E-state index >= 15 is 0 Å². The lowest BCUT2D eigenvalue weighted by atomic mass is 10.0. The van der Waals surface area contributed by atoms with Crippen molar-refractivity contribution in [3.63, 3.8) is 0 Å². The van der Waals surface area contributed by atoms with Crippen LogP contribution in [0.2, 0.25) is 0 Å². The zero-order chi connectivity index (χ0) is 12.1. The summed E-state index contributed by atoms with van der Waals surface area (Å²) >= 11 is 4.26. The van der Waals surface area contributed by atoms with Gasteiger partial charge in [-0.3, -0.25) is 4.79 Å². The molecule has 0 saturated carbocycles. The minimum Gasteiger partial charge on any atom is -0.496 e. The molecule has 1 atom stereocenters. The number of esters is 1. The van der Waals surface area contributed by atoms with Gasteiger partial charge in [-0.05, 0) is 24.1 Å². The van der Waals surface area contributed by atoms with E-state index < -0.39 is 0 Å². The van der Waals surface area contributed by atoms with Gasteiger partial charge in [-0.15, -0.1) is 12.6 Å². The first-order chi connectivity index (χ1) is 7.58. The van der Waals surface area contributed by atoms with Gasteiger partial charge in [-0.25, -0.2) is 0 Å². The third-order valence-corrected chi connectivity index (χ3v) is 2.76. The number of rotatable bonds is 4. The second-order valence-corrected chi connectivity index (χ2v) is 4.12. The van der Waals surface area contributed by atoms with Gasteiger partial charge in [0.25, 0.3) is 0 Å². The molecule has 0 fully saturated rings. The van der Waals surface area contributed by atoms with Crippen LogP contribution in [0.4, 0.5) is 0 Å². The first-order valence-electron chi connectivity index (χ1n) is 5.02. The zero-order valence-corrected chi connectivity index (χ0v) is 10.6. The van der Waals surface area contributed by atoms with Gasteiger partial charge in [-0.2, -0.15) is 0 Å². The molecular weight excluding hydrogens is 224 g/mol. The molecule has 0 aromatic heterocycles. The van der Waals surface area contributed by atoms with Crippen LogP contribution in [-0.4, -0.2) is 20.2 Å². The molecule has 88 valence electrons. The van der Waals surface area contributed by atoms with Crippen molar-refractivity contribution in [2.75, 3.05) is 14.2 Å². The van der Waals surface area contributed by atoms with Crippen molar-refractivity contribution in [2.24, 2.45) is 5.92 Å². The van der Waals surface area contributed by atoms with Gasteiger partial charge in [0.05, 0.1) is 20.1 Å². The lowest BCUT2D eigenvalue weighted by Crippen LogP contribution is -2.15. The summed E-state index contributed by atoms with van der Waals surface area (Å²) in [5.41, 5.74) is 1.03. The van der Waals surface area contributed by atoms with E-state index in [4.69, 9.17) is 4.74 Å². The smallest absolute Gasteiger partial charge is 0.308 e. The van der Waals surface area contributed by atoms with E-state index in [2.05, 4.69) is 17.4 Å². The number of methoxy groups -OCH3 is 2. The van der Waals surface area contributed by atoms with Gasteiger partial charge in [0.2, 0.25) is 0 Å². The van der Waals surface area contributed by atoms with Crippen LogP contribution in [0.25, 0.3) is 0 Å². The van der Waals surface area contributed by atoms with E-state index in [1.165, 1.54) is 7.11 Å². The monoisotopic (exact) mass is 240 g/mol. The number of carbonyl (C=O) groups excluding carboxylic acids is 1. The SMILES string of the molecule is COC(=O)C(C)Cc1ccc(S)c(OC)c1. The molecule has 4 heteroatoms. The highest BCUT2D eigenvalue weighted by Crippen LogP contribution is 2.24. The average Bonchev–Trinajstić information content (AvgIpc) is 2.30. The third-order valence-electron chi connectivity index (χ3n) is 2.39. The van der Waals surface area contributed by atoms with Crippen molar-refractivity contribution < 1.29 is 14.3 Å². The molecule has 0 radical (unpaired) electrons. The fourth-order valence-corrected chi connectivity index (χ4v) is 1.72. The molecule has 1 rings (SSSR count). The number of hydrogen-bond donors (Lipinski definition) is 1. The molecule has 1 aromatic carbocycles. The van der Waals surface area contributed by atoms with E-state index in [1.54, 1.807) is 7.11 Å². The van der Waals surface area contributed by atoms with Crippen LogP contribution < -0.4 is 4.74 Å². The Morgan fingerprint density at radius 2 is 2.12 bits per heavy atom. The number of carbonyl (C=O) groups is 1. The molecule has 0 spiro atoms. The normalized spacial score (nSPS) is 12.0. The highest BCUT2D eigenvalue weighted by atomic mass is 32.1. The maximum absolute atomic E-state index is 11.3. The predicted octanol–water partition coefficient (Wildman–Crippen LogP) is 2.34. The quantitative estimate of drug-likeness (QED) is 0.648. The van der Waals surface area contributed by atoms with Crippen molar-refractivity contribution >= 4 is 18.6 Å². The molecule has 0 N–H and O–H groups in total. The molecule has 0 amide bonds. The molecule has 1 unspecified atom stereocenters. The van der Waals surface area contributed by atoms with Crippen molar-refractivity contribution in [2.45, 2.75) is 18.2 Å². The first-order valence-corrected chi connectivity index (χ1v) is 5.47. The summed E-state index contributed by atoms with van der Waals surface area (Å²) in [6.07, 6.45) is 0.636. The lowest BCUT2D eigenvalue weighted by Gasteiger charge is -2.11. The van der Waals surface area contributed by atoms with E-state index in [9.17, 15) is 4.79 Å². The highest BCUT2D eigenvalue weighted by molar-refractivity contribution is 7.80. The first kappa shape index (κ1) is 12.9. The Morgan fingerprint density at radius 3 is 2.69 bits per heavy atom. The predicted molar refractivity (Wildman–Crippen MR) is 65.1 cm³/mol. The summed E-state index contributed by atoms with van der Waals surface area (Å²) in [6.45, 7) is 1.84. The van der Waals surface area contributed by atoms with Crippen molar-refractivity contribution in [3.05, 3.63) is 23.8 Å². The minimum atomic E-state index is -0.200. The van der Waals surface area contributed by atoms with E-state index in [1.807, 2.05) is 25.1 Å². The van der Waals surface area contributed by atoms with Gasteiger partial charge >= 0.3 is 5.97 Å². The summed E-state index contributed by atoms with van der Waals surface area (Å²) in [5.74, 6) is 0.368. The maximum atomic E-state index is 11.3. The van der Waals surface area contributed by atoms with Gasteiger partial charge in [0, 0.05) is 4.90 Å². The van der Waals surface area contributed by atoms with Crippen LogP contribution in [0, 0.1) is 5.92 Å². The Labute approximate surface area is 101 Å². The number of thiol groups is 1. The summed E-state index contributed by atoms with van der Waals surface area (Å²) in [6, 6.07) is 5.69. The molecule has 1 aromatic rings. The second-order valence-electron chi connectivity index (χ2n) is 3.63. The van der Waals surface area contributed by atoms with Crippen molar-refractivity contribution in [1.29, 1.82) is 0 Å². The lowest BCUT2D eigenvalue weighted by molar-refractivity contribution is -0.144. The van der Waals surface area contributed by atoms with Gasteiger partial charge < -0.3 is 9.47 Å². The molecule has 3 nitrogen and oxygen atoms in total. The number of hydrogen-bond acceptors (Lipinski definition) is 4. The van der Waals surface area contributed by atoms with Crippen LogP contribution in [0.1, 0.15) is 12.5 Å². The van der Waals surface area contributed by atoms with Crippen molar-refractivity contribution in [1.82, 2.24) is 0 Å². The molecule has 0 saturated heterocycles. The fraction of sp³-hybridized carbons (Fsp3) is 0.417. The minimum absolute atomic E-state index is 0.152. The van der Waals surface area contributed by atoms with Gasteiger partial charge in [0.15, 0.2) is 0 Å². The molecule has 0 aliphatic heterocycles. The summed E-state index contributed by atoms with van der Waals surface area (Å²) < 4.78 is 9.84. The highest BCUT2D eigenvalue weighted by Gasteiger charge is 2.14. The molecule has 0 aliphatic carbocycles. The summed E-state index contributed by atoms with van der Waals surface area (Å²) in [5, 5.41) is 0. The number of benzene rings is 1. The van der Waals surface area contributed by atoms with Crippen LogP contribution in [0.5, 0.6) is 5.75 Å². The average molecular weight is 240 g/mol. The molecule has 16 heavy (non-hydrogen) atoms. The van der Waals surface area contributed by atoms with Crippen LogP contribution in [-0.2, 0) is 16.0 Å². The Balaban J connectivity index is 2.78. The van der Waals surface area contributed by atoms with Gasteiger partial charge in [0.1, 0.15) is 5.75 Å². The topological polar surface area (TPSA) is 35.5 Å². The third kappa shape index (κ3) is 3.17. The number of ether oxygens (including phenoxy) is 2. The van der Waals surface area contributed by atoms with E-state index in [0.29, 0.717) is 6.42 Å². The Kier molecular flexibility index (Phi) is 4.68. The van der Waals surface area contributed by atoms with Gasteiger partial charge in [-0.1, -0.05) is 13.0 Å². The maximum Gasteiger partial charge on any atom is 0.308 e. The summed E-state index contributed by atoms with van der Waals surface area (Å²) in [4.78, 5) is 12.1. The van der Waals surface area contributed by atoms with E-state index in [-0.39, 0.29) is 11.9 Å². The van der Waals surface area contributed by atoms with Crippen LogP contribution >= 0.6 is 12.6 Å². The summed E-state index contributed by atoms with van der Waals surface area (Å²) in [7, 11) is 3.00. The Bertz CT molecular complexity index is 377. The second kappa shape index (κ2) is 5.80. The largest absolute Gasteiger partial charge is 0.496 e. The van der Waals surface area contributed by atoms with Crippen LogP contribution in [0.15, 0.2) is 23.1 Å².